The number of carbonyl (C=O) groups is 1. The van der Waals surface area contributed by atoms with Crippen LogP contribution in [-0.4, -0.2) is 34.3 Å². The number of likely N-dealkylation sites (tertiary alicyclic amines) is 1. The average molecular weight is 303 g/mol. The van der Waals surface area contributed by atoms with E-state index < -0.39 is 5.60 Å². The Balaban J connectivity index is 2.00. The van der Waals surface area contributed by atoms with E-state index in [1.54, 1.807) is 4.90 Å². The highest BCUT2D eigenvalue weighted by Gasteiger charge is 2.30. The smallest absolute Gasteiger partial charge is 0.410 e. The Morgan fingerprint density at radius 3 is 2.64 bits per heavy atom. The van der Waals surface area contributed by atoms with Crippen molar-refractivity contribution in [2.24, 2.45) is 0 Å². The molecule has 1 aromatic rings. The molecule has 0 aliphatic carbocycles. The molecule has 1 aliphatic rings. The average Bonchev–Trinajstić information content (AvgIpc) is 2.92. The van der Waals surface area contributed by atoms with Crippen LogP contribution in [-0.2, 0) is 11.3 Å². The molecule has 2 rings (SSSR count). The molecule has 0 unspecified atom stereocenters. The zero-order valence-electron chi connectivity index (χ0n) is 13.6. The van der Waals surface area contributed by atoms with Crippen LogP contribution in [0.4, 0.5) is 4.79 Å². The van der Waals surface area contributed by atoms with Crippen molar-refractivity contribution in [1.29, 1.82) is 0 Å². The zero-order valence-corrected chi connectivity index (χ0v) is 13.6. The molecule has 4 nitrogen and oxygen atoms in total. The number of aliphatic hydroxyl groups excluding tert-OH is 1. The predicted molar refractivity (Wildman–Crippen MR) is 87.4 cm³/mol. The van der Waals surface area contributed by atoms with E-state index in [-0.39, 0.29) is 18.7 Å². The second kappa shape index (κ2) is 6.97. The first-order valence-electron chi connectivity index (χ1n) is 7.77. The third kappa shape index (κ3) is 4.60. The molecule has 0 bridgehead atoms. The summed E-state index contributed by atoms with van der Waals surface area (Å²) in [6.45, 7) is 6.45. The molecule has 1 aromatic carbocycles. The number of nitrogens with zero attached hydrogens (tertiary/aromatic N) is 1. The van der Waals surface area contributed by atoms with Gasteiger partial charge in [-0.3, -0.25) is 0 Å². The van der Waals surface area contributed by atoms with Gasteiger partial charge >= 0.3 is 6.09 Å². The molecule has 0 saturated carbocycles. The molecule has 0 aromatic heterocycles. The van der Waals surface area contributed by atoms with Crippen LogP contribution in [0.2, 0.25) is 0 Å². The Morgan fingerprint density at radius 1 is 1.36 bits per heavy atom. The first kappa shape index (κ1) is 16.6. The van der Waals surface area contributed by atoms with Crippen molar-refractivity contribution in [3.63, 3.8) is 0 Å². The van der Waals surface area contributed by atoms with E-state index in [0.29, 0.717) is 0 Å². The van der Waals surface area contributed by atoms with E-state index in [1.165, 1.54) is 0 Å². The molecule has 120 valence electrons. The van der Waals surface area contributed by atoms with E-state index >= 15 is 0 Å². The summed E-state index contributed by atoms with van der Waals surface area (Å²) in [4.78, 5) is 14.0. The first-order valence-corrected chi connectivity index (χ1v) is 7.77. The molecule has 0 spiro atoms. The van der Waals surface area contributed by atoms with Crippen LogP contribution in [0.5, 0.6) is 0 Å². The van der Waals surface area contributed by atoms with Crippen LogP contribution in [0.15, 0.2) is 30.3 Å². The van der Waals surface area contributed by atoms with Crippen molar-refractivity contribution < 1.29 is 14.6 Å². The molecule has 1 fully saturated rings. The second-order valence-electron chi connectivity index (χ2n) is 6.64. The minimum atomic E-state index is -0.464. The van der Waals surface area contributed by atoms with E-state index in [4.69, 9.17) is 9.84 Å². The highest BCUT2D eigenvalue weighted by molar-refractivity contribution is 5.69. The number of benzene rings is 1. The maximum absolute atomic E-state index is 12.2. The summed E-state index contributed by atoms with van der Waals surface area (Å²) in [5.41, 5.74) is 1.50. The van der Waals surface area contributed by atoms with Gasteiger partial charge in [0.15, 0.2) is 0 Å². The Bertz CT molecular complexity index is 528. The van der Waals surface area contributed by atoms with Crippen LogP contribution in [0.25, 0.3) is 6.08 Å². The summed E-state index contributed by atoms with van der Waals surface area (Å²) in [6.07, 6.45) is 5.80. The standard InChI is InChI=1S/C18H25NO3/c1-18(2,3)22-17(21)19-12-4-5-16(19)11-10-14-6-8-15(13-20)9-7-14/h6-11,16,20H,4-5,12-13H2,1-3H3/t16-/m0/s1. The summed E-state index contributed by atoms with van der Waals surface area (Å²) in [7, 11) is 0. The molecule has 0 radical (unpaired) electrons. The van der Waals surface area contributed by atoms with Crippen LogP contribution in [0.3, 0.4) is 0 Å². The highest BCUT2D eigenvalue weighted by atomic mass is 16.6. The molecule has 1 atom stereocenters. The summed E-state index contributed by atoms with van der Waals surface area (Å²) in [6, 6.07) is 7.83. The maximum atomic E-state index is 12.2. The number of hydrogen-bond donors (Lipinski definition) is 1. The third-order valence-corrected chi connectivity index (χ3v) is 3.60. The van der Waals surface area contributed by atoms with Gasteiger partial charge in [-0.15, -0.1) is 0 Å². The molecule has 22 heavy (non-hydrogen) atoms. The molecular formula is C18H25NO3. The highest BCUT2D eigenvalue weighted by Crippen LogP contribution is 2.22. The number of carbonyl (C=O) groups excluding carboxylic acids is 1. The number of amides is 1. The van der Waals surface area contributed by atoms with Gasteiger partial charge in [0.05, 0.1) is 12.6 Å². The molecule has 1 heterocycles. The number of rotatable bonds is 3. The van der Waals surface area contributed by atoms with E-state index in [1.807, 2.05) is 51.1 Å². The molecule has 1 N–H and O–H groups in total. The summed E-state index contributed by atoms with van der Waals surface area (Å²) < 4.78 is 5.46. The number of aliphatic hydroxyl groups is 1. The normalized spacial score (nSPS) is 18.9. The monoisotopic (exact) mass is 303 g/mol. The topological polar surface area (TPSA) is 49.8 Å². The number of hydrogen-bond acceptors (Lipinski definition) is 3. The van der Waals surface area contributed by atoms with Crippen molar-refractivity contribution in [3.8, 4) is 0 Å². The van der Waals surface area contributed by atoms with Crippen LogP contribution >= 0.6 is 0 Å². The lowest BCUT2D eigenvalue weighted by Crippen LogP contribution is -2.39. The van der Waals surface area contributed by atoms with Gasteiger partial charge in [-0.05, 0) is 44.7 Å². The SMILES string of the molecule is CC(C)(C)OC(=O)N1CCC[C@H]1C=Cc1ccc(CO)cc1. The minimum Gasteiger partial charge on any atom is -0.444 e. The van der Waals surface area contributed by atoms with Crippen LogP contribution < -0.4 is 0 Å². The Kier molecular flexibility index (Phi) is 5.24. The summed E-state index contributed by atoms with van der Waals surface area (Å²) >= 11 is 0. The predicted octanol–water partition coefficient (Wildman–Crippen LogP) is 3.59. The van der Waals surface area contributed by atoms with Gasteiger partial charge in [-0.1, -0.05) is 36.4 Å². The zero-order chi connectivity index (χ0) is 16.2. The fourth-order valence-corrected chi connectivity index (χ4v) is 2.50. The first-order chi connectivity index (χ1) is 10.4. The fraction of sp³-hybridized carbons (Fsp3) is 0.500. The second-order valence-corrected chi connectivity index (χ2v) is 6.64. The summed E-state index contributed by atoms with van der Waals surface area (Å²) in [5, 5.41) is 9.04. The molecule has 4 heteroatoms. The lowest BCUT2D eigenvalue weighted by atomic mass is 10.1. The molecule has 1 amide bonds. The lowest BCUT2D eigenvalue weighted by Gasteiger charge is -2.27. The van der Waals surface area contributed by atoms with E-state index in [2.05, 4.69) is 6.08 Å². The molecule has 1 saturated heterocycles. The Hall–Kier alpha value is -1.81. The van der Waals surface area contributed by atoms with Crippen molar-refractivity contribution in [3.05, 3.63) is 41.5 Å². The van der Waals surface area contributed by atoms with Gasteiger partial charge in [-0.25, -0.2) is 4.79 Å². The Labute approximate surface area is 132 Å². The van der Waals surface area contributed by atoms with Crippen LogP contribution in [0, 0.1) is 0 Å². The van der Waals surface area contributed by atoms with Crippen molar-refractivity contribution in [2.45, 2.75) is 51.9 Å². The quantitative estimate of drug-likeness (QED) is 0.928. The van der Waals surface area contributed by atoms with Gasteiger partial charge in [0.25, 0.3) is 0 Å². The Morgan fingerprint density at radius 2 is 2.05 bits per heavy atom. The van der Waals surface area contributed by atoms with Gasteiger partial charge in [0, 0.05) is 6.54 Å². The maximum Gasteiger partial charge on any atom is 0.410 e. The van der Waals surface area contributed by atoms with Gasteiger partial charge < -0.3 is 14.7 Å². The fourth-order valence-electron chi connectivity index (χ4n) is 2.50. The van der Waals surface area contributed by atoms with E-state index in [9.17, 15) is 4.79 Å². The van der Waals surface area contributed by atoms with Crippen molar-refractivity contribution in [2.75, 3.05) is 6.54 Å². The number of ether oxygens (including phenoxy) is 1. The van der Waals surface area contributed by atoms with Gasteiger partial charge in [0.1, 0.15) is 5.60 Å². The van der Waals surface area contributed by atoms with Crippen LogP contribution in [0.1, 0.15) is 44.7 Å². The molecular weight excluding hydrogens is 278 g/mol. The largest absolute Gasteiger partial charge is 0.444 e. The van der Waals surface area contributed by atoms with Crippen molar-refractivity contribution in [1.82, 2.24) is 4.90 Å². The van der Waals surface area contributed by atoms with Crippen molar-refractivity contribution >= 4 is 12.2 Å². The third-order valence-electron chi connectivity index (χ3n) is 3.60. The van der Waals surface area contributed by atoms with Gasteiger partial charge in [-0.2, -0.15) is 0 Å². The lowest BCUT2D eigenvalue weighted by molar-refractivity contribution is 0.0256. The van der Waals surface area contributed by atoms with Gasteiger partial charge in [0.2, 0.25) is 0 Å². The summed E-state index contributed by atoms with van der Waals surface area (Å²) in [5.74, 6) is 0. The molecule has 1 aliphatic heterocycles. The van der Waals surface area contributed by atoms with E-state index in [0.717, 1.165) is 30.5 Å². The minimum absolute atomic E-state index is 0.0546.